The van der Waals surface area contributed by atoms with Gasteiger partial charge in [-0.3, -0.25) is 14.7 Å². The summed E-state index contributed by atoms with van der Waals surface area (Å²) in [6.45, 7) is 8.34. The number of amides is 1. The van der Waals surface area contributed by atoms with Crippen molar-refractivity contribution < 1.29 is 4.79 Å². The molecule has 6 nitrogen and oxygen atoms in total. The number of aromatic nitrogens is 2. The van der Waals surface area contributed by atoms with Gasteiger partial charge in [0.25, 0.3) is 5.91 Å². The van der Waals surface area contributed by atoms with Crippen LogP contribution in [0.3, 0.4) is 0 Å². The quantitative estimate of drug-likeness (QED) is 0.387. The minimum atomic E-state index is -0.100. The molecule has 0 aromatic carbocycles. The molecular formula is C22H35N5O. The lowest BCUT2D eigenvalue weighted by Crippen LogP contribution is -2.27. The van der Waals surface area contributed by atoms with Crippen LogP contribution in [0.5, 0.6) is 0 Å². The highest BCUT2D eigenvalue weighted by Crippen LogP contribution is 2.17. The first kappa shape index (κ1) is 22.1. The number of carbonyl (C=O) groups is 1. The van der Waals surface area contributed by atoms with Crippen molar-refractivity contribution in [3.8, 4) is 0 Å². The third-order valence-electron chi connectivity index (χ3n) is 5.12. The Kier molecular flexibility index (Phi) is 9.11. The smallest absolute Gasteiger partial charge is 0.277 e. The molecular weight excluding hydrogens is 350 g/mol. The predicted molar refractivity (Wildman–Crippen MR) is 116 cm³/mol. The van der Waals surface area contributed by atoms with E-state index in [4.69, 9.17) is 0 Å². The molecule has 0 N–H and O–H groups in total. The van der Waals surface area contributed by atoms with E-state index in [2.05, 4.69) is 33.7 Å². The molecule has 0 fully saturated rings. The number of nitrogens with zero attached hydrogens (tertiary/aromatic N) is 5. The molecule has 0 aliphatic carbocycles. The van der Waals surface area contributed by atoms with E-state index >= 15 is 0 Å². The van der Waals surface area contributed by atoms with E-state index in [1.54, 1.807) is 24.2 Å². The second kappa shape index (κ2) is 11.6. The van der Waals surface area contributed by atoms with Gasteiger partial charge in [-0.2, -0.15) is 0 Å². The van der Waals surface area contributed by atoms with Gasteiger partial charge in [0.2, 0.25) is 0 Å². The summed E-state index contributed by atoms with van der Waals surface area (Å²) in [6.07, 6.45) is 15.2. The number of hydrogen-bond acceptors (Lipinski definition) is 5. The number of unbranched alkanes of at least 4 members (excludes halogenated alkanes) is 6. The van der Waals surface area contributed by atoms with E-state index in [0.717, 1.165) is 18.9 Å². The average molecular weight is 386 g/mol. The fourth-order valence-corrected chi connectivity index (χ4v) is 3.22. The number of aliphatic imine (C=N–C) groups is 1. The third-order valence-corrected chi connectivity index (χ3v) is 5.12. The zero-order chi connectivity index (χ0) is 20.4. The summed E-state index contributed by atoms with van der Waals surface area (Å²) < 4.78 is 0. The van der Waals surface area contributed by atoms with Crippen molar-refractivity contribution in [1.82, 2.24) is 14.9 Å². The average Bonchev–Trinajstić information content (AvgIpc) is 2.94. The second-order valence-corrected chi connectivity index (χ2v) is 7.46. The summed E-state index contributed by atoms with van der Waals surface area (Å²) >= 11 is 0. The van der Waals surface area contributed by atoms with Gasteiger partial charge in [-0.1, -0.05) is 52.4 Å². The normalized spacial score (nSPS) is 15.4. The molecule has 1 amide bonds. The van der Waals surface area contributed by atoms with Crippen LogP contribution in [-0.2, 0) is 4.79 Å². The Morgan fingerprint density at radius 1 is 0.964 bits per heavy atom. The SMILES string of the molecule is CCCCCCN(CCCCCC)c1cnc(/C=C2\N=C(C)N(C)C2=O)cn1. The van der Waals surface area contributed by atoms with Crippen LogP contribution in [0.1, 0.15) is 77.8 Å². The van der Waals surface area contributed by atoms with E-state index in [-0.39, 0.29) is 5.91 Å². The van der Waals surface area contributed by atoms with E-state index in [9.17, 15) is 4.79 Å². The van der Waals surface area contributed by atoms with Gasteiger partial charge in [0, 0.05) is 20.1 Å². The highest BCUT2D eigenvalue weighted by molar-refractivity contribution is 6.13. The predicted octanol–water partition coefficient (Wildman–Crippen LogP) is 4.67. The topological polar surface area (TPSA) is 61.7 Å². The van der Waals surface area contributed by atoms with Crippen molar-refractivity contribution in [2.45, 2.75) is 72.1 Å². The zero-order valence-corrected chi connectivity index (χ0v) is 17.9. The van der Waals surface area contributed by atoms with Gasteiger partial charge in [0.1, 0.15) is 17.4 Å². The first-order chi connectivity index (χ1) is 13.6. The Bertz CT molecular complexity index is 669. The molecule has 0 bridgehead atoms. The summed E-state index contributed by atoms with van der Waals surface area (Å²) in [5.41, 5.74) is 1.08. The number of carbonyl (C=O) groups excluding carboxylic acids is 1. The number of hydrogen-bond donors (Lipinski definition) is 0. The van der Waals surface area contributed by atoms with Crippen molar-refractivity contribution in [1.29, 1.82) is 0 Å². The first-order valence-electron chi connectivity index (χ1n) is 10.7. The van der Waals surface area contributed by atoms with Gasteiger partial charge in [-0.25, -0.2) is 9.98 Å². The van der Waals surface area contributed by atoms with Gasteiger partial charge in [-0.15, -0.1) is 0 Å². The summed E-state index contributed by atoms with van der Waals surface area (Å²) in [6, 6.07) is 0. The molecule has 2 heterocycles. The molecule has 0 radical (unpaired) electrons. The fraction of sp³-hybridized carbons (Fsp3) is 0.636. The molecule has 1 aliphatic heterocycles. The molecule has 0 saturated carbocycles. The lowest BCUT2D eigenvalue weighted by atomic mass is 10.1. The van der Waals surface area contributed by atoms with Gasteiger partial charge in [0.15, 0.2) is 0 Å². The maximum Gasteiger partial charge on any atom is 0.277 e. The fourth-order valence-electron chi connectivity index (χ4n) is 3.22. The summed E-state index contributed by atoms with van der Waals surface area (Å²) in [5.74, 6) is 1.52. The highest BCUT2D eigenvalue weighted by atomic mass is 16.2. The van der Waals surface area contributed by atoms with E-state index < -0.39 is 0 Å². The number of amidine groups is 1. The lowest BCUT2D eigenvalue weighted by Gasteiger charge is -2.23. The van der Waals surface area contributed by atoms with E-state index in [1.807, 2.05) is 13.1 Å². The second-order valence-electron chi connectivity index (χ2n) is 7.46. The highest BCUT2D eigenvalue weighted by Gasteiger charge is 2.23. The van der Waals surface area contributed by atoms with Crippen molar-refractivity contribution in [2.75, 3.05) is 25.0 Å². The van der Waals surface area contributed by atoms with Crippen LogP contribution in [0.25, 0.3) is 6.08 Å². The van der Waals surface area contributed by atoms with Gasteiger partial charge in [-0.05, 0) is 25.8 Å². The van der Waals surface area contributed by atoms with Gasteiger partial charge < -0.3 is 4.90 Å². The van der Waals surface area contributed by atoms with Crippen LogP contribution in [0.2, 0.25) is 0 Å². The third kappa shape index (κ3) is 6.43. The number of rotatable bonds is 12. The summed E-state index contributed by atoms with van der Waals surface area (Å²) in [4.78, 5) is 29.5. The van der Waals surface area contributed by atoms with Crippen LogP contribution < -0.4 is 4.90 Å². The Morgan fingerprint density at radius 2 is 1.61 bits per heavy atom. The molecule has 6 heteroatoms. The Balaban J connectivity index is 2.03. The van der Waals surface area contributed by atoms with Crippen LogP contribution in [0.4, 0.5) is 5.82 Å². The van der Waals surface area contributed by atoms with Crippen molar-refractivity contribution in [2.24, 2.45) is 4.99 Å². The van der Waals surface area contributed by atoms with Crippen molar-refractivity contribution in [3.05, 3.63) is 23.8 Å². The first-order valence-corrected chi connectivity index (χ1v) is 10.7. The summed E-state index contributed by atoms with van der Waals surface area (Å²) in [5, 5.41) is 0. The summed E-state index contributed by atoms with van der Waals surface area (Å²) in [7, 11) is 1.73. The molecule has 0 atom stereocenters. The van der Waals surface area contributed by atoms with Gasteiger partial charge in [0.05, 0.1) is 18.1 Å². The largest absolute Gasteiger partial charge is 0.355 e. The lowest BCUT2D eigenvalue weighted by molar-refractivity contribution is -0.121. The Labute approximate surface area is 169 Å². The minimum absolute atomic E-state index is 0.100. The molecule has 0 spiro atoms. The van der Waals surface area contributed by atoms with Crippen molar-refractivity contribution >= 4 is 23.6 Å². The monoisotopic (exact) mass is 385 g/mol. The maximum absolute atomic E-state index is 12.1. The van der Waals surface area contributed by atoms with Crippen LogP contribution in [-0.4, -0.2) is 46.7 Å². The van der Waals surface area contributed by atoms with Crippen LogP contribution in [0, 0.1) is 0 Å². The molecule has 1 aromatic rings. The molecule has 28 heavy (non-hydrogen) atoms. The van der Waals surface area contributed by atoms with E-state index in [1.165, 1.54) is 51.4 Å². The molecule has 1 aromatic heterocycles. The Hall–Kier alpha value is -2.24. The maximum atomic E-state index is 12.1. The molecule has 154 valence electrons. The van der Waals surface area contributed by atoms with Crippen molar-refractivity contribution in [3.63, 3.8) is 0 Å². The van der Waals surface area contributed by atoms with E-state index in [0.29, 0.717) is 17.2 Å². The zero-order valence-electron chi connectivity index (χ0n) is 17.9. The molecule has 0 unspecified atom stereocenters. The van der Waals surface area contributed by atoms with Crippen LogP contribution >= 0.6 is 0 Å². The number of anilines is 1. The minimum Gasteiger partial charge on any atom is -0.355 e. The standard InChI is InChI=1S/C22H35N5O/c1-5-7-9-11-13-27(14-12-10-8-6-2)21-17-23-19(16-24-21)15-20-22(28)26(4)18(3)25-20/h15-17H,5-14H2,1-4H3/b20-15-. The van der Waals surface area contributed by atoms with Gasteiger partial charge >= 0.3 is 0 Å². The Morgan fingerprint density at radius 3 is 2.07 bits per heavy atom. The molecule has 2 rings (SSSR count). The molecule has 1 aliphatic rings. The number of likely N-dealkylation sites (N-methyl/N-ethyl adjacent to an activating group) is 1. The molecule has 0 saturated heterocycles. The van der Waals surface area contributed by atoms with Crippen LogP contribution in [0.15, 0.2) is 23.1 Å².